The normalized spacial score (nSPS) is 23.7. The molecule has 2 rings (SSSR count). The van der Waals surface area contributed by atoms with Crippen molar-refractivity contribution in [3.8, 4) is 0 Å². The molecule has 1 heterocycles. The number of nitrogens with one attached hydrogen (secondary N) is 2. The van der Waals surface area contributed by atoms with E-state index in [1.807, 2.05) is 0 Å². The molecular formula is C18H37IN4. The maximum Gasteiger partial charge on any atom is 0.191 e. The van der Waals surface area contributed by atoms with E-state index in [-0.39, 0.29) is 24.0 Å². The van der Waals surface area contributed by atoms with Gasteiger partial charge in [-0.05, 0) is 64.3 Å². The van der Waals surface area contributed by atoms with E-state index < -0.39 is 0 Å². The summed E-state index contributed by atoms with van der Waals surface area (Å²) in [6.07, 6.45) is 6.65. The molecule has 23 heavy (non-hydrogen) atoms. The van der Waals surface area contributed by atoms with Gasteiger partial charge in [0.25, 0.3) is 0 Å². The molecule has 2 aliphatic rings. The minimum Gasteiger partial charge on any atom is -0.357 e. The zero-order chi connectivity index (χ0) is 15.9. The Labute approximate surface area is 160 Å². The van der Waals surface area contributed by atoms with Crippen LogP contribution in [-0.2, 0) is 0 Å². The molecule has 1 aliphatic heterocycles. The zero-order valence-corrected chi connectivity index (χ0v) is 17.8. The molecule has 2 fully saturated rings. The van der Waals surface area contributed by atoms with Crippen LogP contribution in [0.5, 0.6) is 0 Å². The van der Waals surface area contributed by atoms with Gasteiger partial charge in [0.1, 0.15) is 0 Å². The molecule has 0 amide bonds. The highest BCUT2D eigenvalue weighted by Crippen LogP contribution is 2.31. The molecule has 0 spiro atoms. The van der Waals surface area contributed by atoms with Crippen LogP contribution >= 0.6 is 24.0 Å². The van der Waals surface area contributed by atoms with Crippen LogP contribution in [0.4, 0.5) is 0 Å². The number of likely N-dealkylation sites (tertiary alicyclic amines) is 1. The van der Waals surface area contributed by atoms with Crippen molar-refractivity contribution >= 4 is 29.9 Å². The van der Waals surface area contributed by atoms with Gasteiger partial charge in [0, 0.05) is 31.7 Å². The highest BCUT2D eigenvalue weighted by molar-refractivity contribution is 14.0. The lowest BCUT2D eigenvalue weighted by Gasteiger charge is -2.19. The topological polar surface area (TPSA) is 39.7 Å². The van der Waals surface area contributed by atoms with Crippen LogP contribution in [0.1, 0.15) is 59.8 Å². The summed E-state index contributed by atoms with van der Waals surface area (Å²) in [5.41, 5.74) is 0. The molecule has 0 radical (unpaired) electrons. The van der Waals surface area contributed by atoms with Crippen LogP contribution in [0.25, 0.3) is 0 Å². The SMILES string of the molecule is CCNC(=NCC1CCN(C2CC2)C1)NC(C)CCC(C)C.I. The third kappa shape index (κ3) is 8.05. The van der Waals surface area contributed by atoms with Crippen molar-refractivity contribution in [3.63, 3.8) is 0 Å². The molecule has 5 heteroatoms. The van der Waals surface area contributed by atoms with Crippen LogP contribution < -0.4 is 10.6 Å². The molecule has 0 aromatic rings. The van der Waals surface area contributed by atoms with Gasteiger partial charge in [-0.1, -0.05) is 13.8 Å². The van der Waals surface area contributed by atoms with Crippen LogP contribution in [0.15, 0.2) is 4.99 Å². The Kier molecular flexibility index (Phi) is 9.82. The quantitative estimate of drug-likeness (QED) is 0.348. The number of halogens is 1. The molecule has 2 atom stereocenters. The first-order valence-electron chi connectivity index (χ1n) is 9.37. The summed E-state index contributed by atoms with van der Waals surface area (Å²) in [6.45, 7) is 13.4. The predicted molar refractivity (Wildman–Crippen MR) is 111 cm³/mol. The molecule has 0 aromatic heterocycles. The van der Waals surface area contributed by atoms with Crippen molar-refractivity contribution in [1.29, 1.82) is 0 Å². The van der Waals surface area contributed by atoms with Gasteiger partial charge < -0.3 is 15.5 Å². The van der Waals surface area contributed by atoms with E-state index in [0.717, 1.165) is 36.9 Å². The minimum atomic E-state index is 0. The lowest BCUT2D eigenvalue weighted by atomic mass is 10.0. The van der Waals surface area contributed by atoms with E-state index in [9.17, 15) is 0 Å². The van der Waals surface area contributed by atoms with Crippen LogP contribution in [0.3, 0.4) is 0 Å². The number of aliphatic imine (C=N–C) groups is 1. The average molecular weight is 436 g/mol. The van der Waals surface area contributed by atoms with Crippen molar-refractivity contribution in [2.75, 3.05) is 26.2 Å². The van der Waals surface area contributed by atoms with Crippen LogP contribution in [0.2, 0.25) is 0 Å². The third-order valence-electron chi connectivity index (χ3n) is 4.79. The Morgan fingerprint density at radius 1 is 1.17 bits per heavy atom. The Morgan fingerprint density at radius 3 is 2.52 bits per heavy atom. The average Bonchev–Trinajstić information content (AvgIpc) is 3.22. The summed E-state index contributed by atoms with van der Waals surface area (Å²) >= 11 is 0. The predicted octanol–water partition coefficient (Wildman–Crippen LogP) is 3.47. The van der Waals surface area contributed by atoms with E-state index >= 15 is 0 Å². The fraction of sp³-hybridized carbons (Fsp3) is 0.944. The zero-order valence-electron chi connectivity index (χ0n) is 15.5. The molecule has 2 unspecified atom stereocenters. The monoisotopic (exact) mass is 436 g/mol. The summed E-state index contributed by atoms with van der Waals surface area (Å²) in [5, 5.41) is 6.97. The summed E-state index contributed by atoms with van der Waals surface area (Å²) in [7, 11) is 0. The fourth-order valence-electron chi connectivity index (χ4n) is 3.21. The largest absolute Gasteiger partial charge is 0.357 e. The lowest BCUT2D eigenvalue weighted by Crippen LogP contribution is -2.42. The second-order valence-corrected chi connectivity index (χ2v) is 7.62. The molecule has 1 saturated carbocycles. The van der Waals surface area contributed by atoms with E-state index in [4.69, 9.17) is 4.99 Å². The molecule has 4 nitrogen and oxygen atoms in total. The van der Waals surface area contributed by atoms with Crippen molar-refractivity contribution in [2.24, 2.45) is 16.8 Å². The first-order chi connectivity index (χ1) is 10.6. The van der Waals surface area contributed by atoms with Crippen LogP contribution in [0, 0.1) is 11.8 Å². The fourth-order valence-corrected chi connectivity index (χ4v) is 3.21. The Morgan fingerprint density at radius 2 is 1.91 bits per heavy atom. The van der Waals surface area contributed by atoms with Gasteiger partial charge in [0.05, 0.1) is 0 Å². The Hall–Kier alpha value is -0.0400. The van der Waals surface area contributed by atoms with E-state index in [2.05, 4.69) is 43.2 Å². The molecule has 0 bridgehead atoms. The van der Waals surface area contributed by atoms with E-state index in [1.165, 1.54) is 45.2 Å². The molecule has 2 N–H and O–H groups in total. The Bertz CT molecular complexity index is 355. The molecular weight excluding hydrogens is 399 g/mol. The standard InChI is InChI=1S/C18H36N4.HI/c1-5-19-18(21-15(4)7-6-14(2)3)20-12-16-10-11-22(13-16)17-8-9-17;/h14-17H,5-13H2,1-4H3,(H2,19,20,21);1H. The van der Waals surface area contributed by atoms with Crippen molar-refractivity contribution < 1.29 is 0 Å². The lowest BCUT2D eigenvalue weighted by molar-refractivity contribution is 0.315. The first kappa shape index (κ1) is 21.0. The number of hydrogen-bond donors (Lipinski definition) is 2. The Balaban J connectivity index is 0.00000264. The van der Waals surface area contributed by atoms with E-state index in [1.54, 1.807) is 0 Å². The number of hydrogen-bond acceptors (Lipinski definition) is 2. The molecule has 0 aromatic carbocycles. The van der Waals surface area contributed by atoms with Gasteiger partial charge in [0.15, 0.2) is 5.96 Å². The summed E-state index contributed by atoms with van der Waals surface area (Å²) in [5.74, 6) is 2.53. The molecule has 1 aliphatic carbocycles. The summed E-state index contributed by atoms with van der Waals surface area (Å²) in [4.78, 5) is 7.52. The van der Waals surface area contributed by atoms with Gasteiger partial charge in [-0.3, -0.25) is 4.99 Å². The van der Waals surface area contributed by atoms with Crippen molar-refractivity contribution in [2.45, 2.75) is 71.9 Å². The minimum absolute atomic E-state index is 0. The number of rotatable bonds is 8. The summed E-state index contributed by atoms with van der Waals surface area (Å²) < 4.78 is 0. The highest BCUT2D eigenvalue weighted by atomic mass is 127. The highest BCUT2D eigenvalue weighted by Gasteiger charge is 2.34. The van der Waals surface area contributed by atoms with Gasteiger partial charge >= 0.3 is 0 Å². The van der Waals surface area contributed by atoms with Gasteiger partial charge in [0.2, 0.25) is 0 Å². The van der Waals surface area contributed by atoms with Gasteiger partial charge in [-0.15, -0.1) is 24.0 Å². The van der Waals surface area contributed by atoms with Gasteiger partial charge in [-0.25, -0.2) is 0 Å². The maximum atomic E-state index is 4.84. The number of nitrogens with zero attached hydrogens (tertiary/aromatic N) is 2. The molecule has 1 saturated heterocycles. The smallest absolute Gasteiger partial charge is 0.191 e. The van der Waals surface area contributed by atoms with Crippen LogP contribution in [-0.4, -0.2) is 49.1 Å². The maximum absolute atomic E-state index is 4.84. The molecule has 136 valence electrons. The van der Waals surface area contributed by atoms with E-state index in [0.29, 0.717) is 6.04 Å². The second kappa shape index (κ2) is 10.7. The summed E-state index contributed by atoms with van der Waals surface area (Å²) in [6, 6.07) is 1.41. The first-order valence-corrected chi connectivity index (χ1v) is 9.37. The van der Waals surface area contributed by atoms with Crippen molar-refractivity contribution in [1.82, 2.24) is 15.5 Å². The third-order valence-corrected chi connectivity index (χ3v) is 4.79. The van der Waals surface area contributed by atoms with Gasteiger partial charge in [-0.2, -0.15) is 0 Å². The number of guanidine groups is 1. The van der Waals surface area contributed by atoms with Crippen molar-refractivity contribution in [3.05, 3.63) is 0 Å². The second-order valence-electron chi connectivity index (χ2n) is 7.62.